The van der Waals surface area contributed by atoms with Crippen molar-refractivity contribution in [3.8, 4) is 28.4 Å². The minimum Gasteiger partial charge on any atom is -0.497 e. The molecular formula is C20H21ClF3N3O2. The Morgan fingerprint density at radius 3 is 2.10 bits per heavy atom. The van der Waals surface area contributed by atoms with Crippen LogP contribution in [0.15, 0.2) is 48.5 Å². The number of hydrogen-bond donors (Lipinski definition) is 1. The third-order valence-electron chi connectivity index (χ3n) is 4.22. The van der Waals surface area contributed by atoms with Crippen molar-refractivity contribution in [2.75, 3.05) is 20.3 Å². The minimum absolute atomic E-state index is 0. The summed E-state index contributed by atoms with van der Waals surface area (Å²) < 4.78 is 52.3. The van der Waals surface area contributed by atoms with E-state index in [-0.39, 0.29) is 18.0 Å². The summed E-state index contributed by atoms with van der Waals surface area (Å²) in [5.41, 5.74) is 6.01. The molecule has 0 aliphatic rings. The fraction of sp³-hybridized carbons (Fsp3) is 0.250. The molecule has 0 aliphatic carbocycles. The van der Waals surface area contributed by atoms with Gasteiger partial charge in [0.15, 0.2) is 5.69 Å². The Bertz CT molecular complexity index is 939. The summed E-state index contributed by atoms with van der Waals surface area (Å²) in [6, 6.07) is 13.5. The van der Waals surface area contributed by atoms with Crippen LogP contribution in [0.5, 0.6) is 11.5 Å². The van der Waals surface area contributed by atoms with E-state index < -0.39 is 11.9 Å². The maximum Gasteiger partial charge on any atom is 0.435 e. The highest BCUT2D eigenvalue weighted by molar-refractivity contribution is 5.85. The highest BCUT2D eigenvalue weighted by Gasteiger charge is 2.38. The van der Waals surface area contributed by atoms with E-state index in [2.05, 4.69) is 5.10 Å². The minimum atomic E-state index is -4.55. The fourth-order valence-electron chi connectivity index (χ4n) is 2.90. The summed E-state index contributed by atoms with van der Waals surface area (Å²) >= 11 is 0. The average molecular weight is 428 g/mol. The molecule has 0 fully saturated rings. The van der Waals surface area contributed by atoms with Crippen molar-refractivity contribution in [2.24, 2.45) is 5.73 Å². The van der Waals surface area contributed by atoms with Gasteiger partial charge < -0.3 is 15.2 Å². The van der Waals surface area contributed by atoms with E-state index >= 15 is 0 Å². The predicted molar refractivity (Wildman–Crippen MR) is 107 cm³/mol. The monoisotopic (exact) mass is 427 g/mol. The first-order valence-electron chi connectivity index (χ1n) is 8.59. The molecule has 0 saturated carbocycles. The van der Waals surface area contributed by atoms with Crippen LogP contribution < -0.4 is 15.2 Å². The third-order valence-corrected chi connectivity index (χ3v) is 4.22. The SMILES string of the molecule is COc1ccc(-n2nc(C(F)(F)F)c(C)c2-c2ccc(OCCN)cc2)cc1.Cl. The Labute approximate surface area is 172 Å². The van der Waals surface area contributed by atoms with Crippen molar-refractivity contribution in [3.05, 3.63) is 59.8 Å². The molecule has 0 unspecified atom stereocenters. The smallest absolute Gasteiger partial charge is 0.435 e. The molecule has 0 aliphatic heterocycles. The van der Waals surface area contributed by atoms with Crippen LogP contribution in [0, 0.1) is 6.92 Å². The van der Waals surface area contributed by atoms with Gasteiger partial charge in [0.05, 0.1) is 18.5 Å². The maximum atomic E-state index is 13.5. The molecule has 9 heteroatoms. The number of aromatic nitrogens is 2. The molecule has 1 heterocycles. The molecule has 1 aromatic heterocycles. The first kappa shape index (κ1) is 22.6. The Balaban J connectivity index is 0.00000300. The predicted octanol–water partition coefficient (Wildman–Crippen LogP) is 4.63. The zero-order chi connectivity index (χ0) is 20.3. The van der Waals surface area contributed by atoms with Crippen molar-refractivity contribution in [3.63, 3.8) is 0 Å². The van der Waals surface area contributed by atoms with E-state index in [1.165, 1.54) is 18.7 Å². The molecule has 2 aromatic carbocycles. The van der Waals surface area contributed by atoms with Gasteiger partial charge in [-0.2, -0.15) is 18.3 Å². The van der Waals surface area contributed by atoms with Crippen LogP contribution in [-0.4, -0.2) is 30.0 Å². The summed E-state index contributed by atoms with van der Waals surface area (Å²) in [5.74, 6) is 1.20. The number of rotatable bonds is 6. The van der Waals surface area contributed by atoms with Crippen molar-refractivity contribution in [1.82, 2.24) is 9.78 Å². The van der Waals surface area contributed by atoms with E-state index in [0.29, 0.717) is 41.6 Å². The Morgan fingerprint density at radius 1 is 1.00 bits per heavy atom. The van der Waals surface area contributed by atoms with Gasteiger partial charge in [0, 0.05) is 17.7 Å². The van der Waals surface area contributed by atoms with Gasteiger partial charge in [-0.3, -0.25) is 0 Å². The number of nitrogens with two attached hydrogens (primary N) is 1. The van der Waals surface area contributed by atoms with Gasteiger partial charge in [0.2, 0.25) is 0 Å². The van der Waals surface area contributed by atoms with Crippen LogP contribution in [0.1, 0.15) is 11.3 Å². The van der Waals surface area contributed by atoms with E-state index in [1.54, 1.807) is 48.5 Å². The average Bonchev–Trinajstić information content (AvgIpc) is 3.04. The van der Waals surface area contributed by atoms with Gasteiger partial charge >= 0.3 is 6.18 Å². The summed E-state index contributed by atoms with van der Waals surface area (Å²) in [5, 5.41) is 3.86. The molecule has 0 spiro atoms. The highest BCUT2D eigenvalue weighted by atomic mass is 35.5. The van der Waals surface area contributed by atoms with Crippen molar-refractivity contribution in [2.45, 2.75) is 13.1 Å². The number of hydrogen-bond acceptors (Lipinski definition) is 4. The van der Waals surface area contributed by atoms with Crippen molar-refractivity contribution < 1.29 is 22.6 Å². The summed E-state index contributed by atoms with van der Waals surface area (Å²) in [6.45, 7) is 2.16. The molecular weight excluding hydrogens is 407 g/mol. The van der Waals surface area contributed by atoms with Gasteiger partial charge in [0.1, 0.15) is 18.1 Å². The van der Waals surface area contributed by atoms with Gasteiger partial charge in [0.25, 0.3) is 0 Å². The van der Waals surface area contributed by atoms with Crippen LogP contribution in [0.25, 0.3) is 16.9 Å². The molecule has 0 atom stereocenters. The zero-order valence-corrected chi connectivity index (χ0v) is 16.7. The third kappa shape index (κ3) is 4.83. The second-order valence-corrected chi connectivity index (χ2v) is 6.09. The molecule has 29 heavy (non-hydrogen) atoms. The lowest BCUT2D eigenvalue weighted by Gasteiger charge is -2.11. The standard InChI is InChI=1S/C20H20F3N3O2.ClH/c1-13-18(14-3-7-17(8-4-14)28-12-11-24)26(25-19(13)20(21,22)23)15-5-9-16(27-2)10-6-15;/h3-10H,11-12,24H2,1-2H3;1H. The Kier molecular flexibility index (Phi) is 7.16. The number of benzene rings is 2. The summed E-state index contributed by atoms with van der Waals surface area (Å²) in [4.78, 5) is 0. The van der Waals surface area contributed by atoms with Gasteiger partial charge in [-0.25, -0.2) is 4.68 Å². The van der Waals surface area contributed by atoms with E-state index in [0.717, 1.165) is 0 Å². The van der Waals surface area contributed by atoms with Crippen LogP contribution in [0.4, 0.5) is 13.2 Å². The molecule has 2 N–H and O–H groups in total. The van der Waals surface area contributed by atoms with E-state index in [9.17, 15) is 13.2 Å². The summed E-state index contributed by atoms with van der Waals surface area (Å²) in [7, 11) is 1.52. The molecule has 0 bridgehead atoms. The fourth-order valence-corrected chi connectivity index (χ4v) is 2.90. The highest BCUT2D eigenvalue weighted by Crippen LogP contribution is 2.37. The van der Waals surface area contributed by atoms with Crippen LogP contribution in [-0.2, 0) is 6.18 Å². The first-order chi connectivity index (χ1) is 13.3. The number of halogens is 4. The lowest BCUT2D eigenvalue weighted by molar-refractivity contribution is -0.141. The first-order valence-corrected chi connectivity index (χ1v) is 8.59. The maximum absolute atomic E-state index is 13.5. The lowest BCUT2D eigenvalue weighted by atomic mass is 10.1. The molecule has 156 valence electrons. The van der Waals surface area contributed by atoms with Crippen LogP contribution >= 0.6 is 12.4 Å². The van der Waals surface area contributed by atoms with E-state index in [4.69, 9.17) is 15.2 Å². The second-order valence-electron chi connectivity index (χ2n) is 6.09. The van der Waals surface area contributed by atoms with Crippen LogP contribution in [0.2, 0.25) is 0 Å². The van der Waals surface area contributed by atoms with Gasteiger partial charge in [-0.05, 0) is 55.5 Å². The van der Waals surface area contributed by atoms with Crippen molar-refractivity contribution >= 4 is 12.4 Å². The normalized spacial score (nSPS) is 11.1. The number of ether oxygens (including phenoxy) is 2. The number of alkyl halides is 3. The molecule has 3 rings (SSSR count). The van der Waals surface area contributed by atoms with Gasteiger partial charge in [-0.1, -0.05) is 0 Å². The lowest BCUT2D eigenvalue weighted by Crippen LogP contribution is -2.10. The second kappa shape index (κ2) is 9.19. The molecule has 0 saturated heterocycles. The molecule has 0 radical (unpaired) electrons. The van der Waals surface area contributed by atoms with E-state index in [1.807, 2.05) is 0 Å². The van der Waals surface area contributed by atoms with Crippen molar-refractivity contribution in [1.29, 1.82) is 0 Å². The quantitative estimate of drug-likeness (QED) is 0.622. The Morgan fingerprint density at radius 2 is 1.59 bits per heavy atom. The molecule has 0 amide bonds. The number of nitrogens with zero attached hydrogens (tertiary/aromatic N) is 2. The molecule has 3 aromatic rings. The number of methoxy groups -OCH3 is 1. The zero-order valence-electron chi connectivity index (χ0n) is 15.9. The summed E-state index contributed by atoms with van der Waals surface area (Å²) in [6.07, 6.45) is -4.55. The van der Waals surface area contributed by atoms with Crippen LogP contribution in [0.3, 0.4) is 0 Å². The van der Waals surface area contributed by atoms with Gasteiger partial charge in [-0.15, -0.1) is 12.4 Å². The topological polar surface area (TPSA) is 62.3 Å². The molecule has 5 nitrogen and oxygen atoms in total. The largest absolute Gasteiger partial charge is 0.497 e. The Hall–Kier alpha value is -2.71.